The van der Waals surface area contributed by atoms with Crippen molar-refractivity contribution in [1.82, 2.24) is 0 Å². The van der Waals surface area contributed by atoms with Gasteiger partial charge < -0.3 is 10.3 Å². The van der Waals surface area contributed by atoms with Crippen molar-refractivity contribution in [2.75, 3.05) is 0 Å². The zero-order valence-electron chi connectivity index (χ0n) is 14.0. The Hall–Kier alpha value is -1.35. The molecule has 2 N–H and O–H groups in total. The van der Waals surface area contributed by atoms with Crippen molar-refractivity contribution in [3.8, 4) is 0 Å². The van der Waals surface area contributed by atoms with Crippen LogP contribution in [0, 0.1) is 6.92 Å². The maximum Gasteiger partial charge on any atom is 0.0659 e. The lowest BCUT2D eigenvalue weighted by Crippen LogP contribution is -2.20. The molecule has 124 valence electrons. The Labute approximate surface area is 135 Å². The summed E-state index contributed by atoms with van der Waals surface area (Å²) in [6.07, 6.45) is 10.3. The number of nitrogens with zero attached hydrogens (tertiary/aromatic N) is 1. The van der Waals surface area contributed by atoms with E-state index in [1.807, 2.05) is 31.2 Å². The van der Waals surface area contributed by atoms with Gasteiger partial charge >= 0.3 is 0 Å². The molecule has 22 heavy (non-hydrogen) atoms. The third-order valence-electron chi connectivity index (χ3n) is 4.21. The molecule has 0 amide bonds. The molecule has 0 saturated carbocycles. The number of hydrogen-bond acceptors (Lipinski definition) is 3. The highest BCUT2D eigenvalue weighted by molar-refractivity contribution is 5.68. The fourth-order valence-electron chi connectivity index (χ4n) is 2.76. The summed E-state index contributed by atoms with van der Waals surface area (Å²) in [6, 6.07) is 8.04. The van der Waals surface area contributed by atoms with Gasteiger partial charge in [-0.25, -0.2) is 0 Å². The highest BCUT2D eigenvalue weighted by Crippen LogP contribution is 2.22. The largest absolute Gasteiger partial charge is 0.411 e. The van der Waals surface area contributed by atoms with E-state index in [0.717, 1.165) is 24.8 Å². The lowest BCUT2D eigenvalue weighted by atomic mass is 9.90. The maximum atomic E-state index is 10.4. The summed E-state index contributed by atoms with van der Waals surface area (Å²) in [7, 11) is 0. The van der Waals surface area contributed by atoms with E-state index in [1.165, 1.54) is 43.9 Å². The molecule has 0 spiro atoms. The highest BCUT2D eigenvalue weighted by Gasteiger charge is 2.19. The molecule has 0 bridgehead atoms. The number of rotatable bonds is 11. The normalized spacial score (nSPS) is 14.3. The van der Waals surface area contributed by atoms with Crippen LogP contribution < -0.4 is 0 Å². The van der Waals surface area contributed by atoms with Gasteiger partial charge in [-0.1, -0.05) is 81.7 Å². The summed E-state index contributed by atoms with van der Waals surface area (Å²) < 4.78 is 0. The van der Waals surface area contributed by atoms with E-state index in [4.69, 9.17) is 5.21 Å². The van der Waals surface area contributed by atoms with Crippen LogP contribution in [0.5, 0.6) is 0 Å². The summed E-state index contributed by atoms with van der Waals surface area (Å²) in [6.45, 7) is 4.26. The minimum Gasteiger partial charge on any atom is -0.411 e. The molecule has 1 aromatic rings. The van der Waals surface area contributed by atoms with Crippen LogP contribution in [0.1, 0.15) is 75.3 Å². The van der Waals surface area contributed by atoms with E-state index in [-0.39, 0.29) is 5.92 Å². The molecule has 0 saturated heterocycles. The highest BCUT2D eigenvalue weighted by atomic mass is 16.4. The van der Waals surface area contributed by atoms with Crippen molar-refractivity contribution in [3.05, 3.63) is 35.4 Å². The quantitative estimate of drug-likeness (QED) is 0.260. The Balaban J connectivity index is 2.39. The van der Waals surface area contributed by atoms with Crippen molar-refractivity contribution >= 4 is 6.21 Å². The number of oxime groups is 1. The van der Waals surface area contributed by atoms with Crippen LogP contribution in [0.2, 0.25) is 0 Å². The lowest BCUT2D eigenvalue weighted by molar-refractivity contribution is 0.151. The first-order chi connectivity index (χ1) is 10.7. The van der Waals surface area contributed by atoms with Gasteiger partial charge in [0.2, 0.25) is 0 Å². The number of aliphatic hydroxyl groups is 1. The predicted octanol–water partition coefficient (Wildman–Crippen LogP) is 5.04. The Morgan fingerprint density at radius 2 is 1.59 bits per heavy atom. The van der Waals surface area contributed by atoms with Crippen LogP contribution in [0.25, 0.3) is 0 Å². The molecule has 0 fully saturated rings. The smallest absolute Gasteiger partial charge is 0.0659 e. The summed E-state index contributed by atoms with van der Waals surface area (Å²) in [5.41, 5.74) is 2.18. The molecule has 2 unspecified atom stereocenters. The Bertz CT molecular complexity index is 414. The van der Waals surface area contributed by atoms with Gasteiger partial charge in [0, 0.05) is 5.92 Å². The van der Waals surface area contributed by atoms with Gasteiger partial charge in [0.05, 0.1) is 12.3 Å². The number of aryl methyl sites for hydroxylation is 1. The second-order valence-corrected chi connectivity index (χ2v) is 6.18. The summed E-state index contributed by atoms with van der Waals surface area (Å²) in [5.74, 6) is -0.231. The first kappa shape index (κ1) is 18.7. The van der Waals surface area contributed by atoms with E-state index < -0.39 is 6.10 Å². The number of unbranched alkanes of at least 4 members (excludes halogenated alkanes) is 6. The minimum absolute atomic E-state index is 0.231. The second-order valence-electron chi connectivity index (χ2n) is 6.18. The Morgan fingerprint density at radius 3 is 2.18 bits per heavy atom. The third kappa shape index (κ3) is 7.08. The van der Waals surface area contributed by atoms with Crippen molar-refractivity contribution in [2.24, 2.45) is 5.16 Å². The van der Waals surface area contributed by atoms with Crippen LogP contribution in [-0.2, 0) is 0 Å². The predicted molar refractivity (Wildman–Crippen MR) is 92.8 cm³/mol. The van der Waals surface area contributed by atoms with Crippen LogP contribution in [0.4, 0.5) is 0 Å². The maximum absolute atomic E-state index is 10.4. The number of hydrogen-bond donors (Lipinski definition) is 2. The molecular weight excluding hydrogens is 274 g/mol. The third-order valence-corrected chi connectivity index (χ3v) is 4.21. The molecule has 2 atom stereocenters. The van der Waals surface area contributed by atoms with Gasteiger partial charge in [-0.2, -0.15) is 0 Å². The van der Waals surface area contributed by atoms with Crippen LogP contribution in [0.15, 0.2) is 29.4 Å². The van der Waals surface area contributed by atoms with E-state index in [0.29, 0.717) is 0 Å². The molecule has 1 rings (SSSR count). The van der Waals surface area contributed by atoms with E-state index >= 15 is 0 Å². The van der Waals surface area contributed by atoms with Gasteiger partial charge in [0.15, 0.2) is 0 Å². The average molecular weight is 305 g/mol. The first-order valence-corrected chi connectivity index (χ1v) is 8.61. The molecule has 0 aliphatic heterocycles. The molecule has 1 aromatic carbocycles. The fourth-order valence-corrected chi connectivity index (χ4v) is 2.76. The van der Waals surface area contributed by atoms with Gasteiger partial charge in [-0.15, -0.1) is 5.16 Å². The zero-order chi connectivity index (χ0) is 16.2. The van der Waals surface area contributed by atoms with E-state index in [9.17, 15) is 5.11 Å². The van der Waals surface area contributed by atoms with Gasteiger partial charge in [-0.3, -0.25) is 0 Å². The van der Waals surface area contributed by atoms with Crippen molar-refractivity contribution < 1.29 is 10.3 Å². The number of aliphatic hydroxyl groups excluding tert-OH is 1. The SMILES string of the molecule is CCCCCCCCCC(O)C(C=NO)c1ccc(C)cc1. The van der Waals surface area contributed by atoms with E-state index in [2.05, 4.69) is 12.1 Å². The molecule has 0 aliphatic rings. The molecule has 0 radical (unpaired) electrons. The molecule has 0 aliphatic carbocycles. The van der Waals surface area contributed by atoms with Gasteiger partial charge in [-0.05, 0) is 18.9 Å². The number of benzene rings is 1. The van der Waals surface area contributed by atoms with Crippen LogP contribution >= 0.6 is 0 Å². The lowest BCUT2D eigenvalue weighted by Gasteiger charge is -2.19. The molecule has 0 aromatic heterocycles. The van der Waals surface area contributed by atoms with Crippen molar-refractivity contribution in [3.63, 3.8) is 0 Å². The monoisotopic (exact) mass is 305 g/mol. The minimum atomic E-state index is -0.491. The zero-order valence-corrected chi connectivity index (χ0v) is 14.0. The van der Waals surface area contributed by atoms with Crippen molar-refractivity contribution in [2.45, 2.75) is 77.2 Å². The Kier molecular flexibility index (Phi) is 9.56. The summed E-state index contributed by atoms with van der Waals surface area (Å²) in [5, 5.41) is 22.4. The van der Waals surface area contributed by atoms with Crippen LogP contribution in [0.3, 0.4) is 0 Å². The fraction of sp³-hybridized carbons (Fsp3) is 0.632. The second kappa shape index (κ2) is 11.2. The van der Waals surface area contributed by atoms with E-state index in [1.54, 1.807) is 0 Å². The van der Waals surface area contributed by atoms with Gasteiger partial charge in [0.25, 0.3) is 0 Å². The Morgan fingerprint density at radius 1 is 1.00 bits per heavy atom. The van der Waals surface area contributed by atoms with Gasteiger partial charge in [0.1, 0.15) is 0 Å². The van der Waals surface area contributed by atoms with Crippen LogP contribution in [-0.4, -0.2) is 22.6 Å². The topological polar surface area (TPSA) is 52.8 Å². The average Bonchev–Trinajstić information content (AvgIpc) is 2.52. The molecule has 3 nitrogen and oxygen atoms in total. The standard InChI is InChI=1S/C19H31NO2/c1-3-4-5-6-7-8-9-10-19(21)18(15-20-22)17-13-11-16(2)12-14-17/h11-15,18-19,21-22H,3-10H2,1-2H3. The molecular formula is C19H31NO2. The first-order valence-electron chi connectivity index (χ1n) is 8.61. The summed E-state index contributed by atoms with van der Waals surface area (Å²) in [4.78, 5) is 0. The van der Waals surface area contributed by atoms with Crippen molar-refractivity contribution in [1.29, 1.82) is 0 Å². The summed E-state index contributed by atoms with van der Waals surface area (Å²) >= 11 is 0. The molecule has 0 heterocycles. The molecule has 3 heteroatoms.